The lowest BCUT2D eigenvalue weighted by atomic mass is 9.97. The van der Waals surface area contributed by atoms with Gasteiger partial charge in [-0.25, -0.2) is 0 Å². The van der Waals surface area contributed by atoms with E-state index in [0.29, 0.717) is 13.2 Å². The average molecular weight is 277 g/mol. The minimum absolute atomic E-state index is 0.0478. The Kier molecular flexibility index (Phi) is 4.74. The van der Waals surface area contributed by atoms with Gasteiger partial charge in [0, 0.05) is 6.54 Å². The summed E-state index contributed by atoms with van der Waals surface area (Å²) < 4.78 is 10.2. The van der Waals surface area contributed by atoms with Gasteiger partial charge < -0.3 is 14.4 Å². The fourth-order valence-electron chi connectivity index (χ4n) is 2.33. The van der Waals surface area contributed by atoms with Gasteiger partial charge in [-0.15, -0.1) is 0 Å². The maximum Gasteiger partial charge on any atom is 0.325 e. The van der Waals surface area contributed by atoms with Crippen molar-refractivity contribution < 1.29 is 19.1 Å². The number of carbonyl (C=O) groups excluding carboxylic acids is 2. The van der Waals surface area contributed by atoms with E-state index in [1.165, 1.54) is 12.0 Å². The number of carbonyl (C=O) groups is 2. The summed E-state index contributed by atoms with van der Waals surface area (Å²) in [5, 5.41) is 0. The third-order valence-electron chi connectivity index (χ3n) is 3.46. The molecule has 1 aromatic carbocycles. The van der Waals surface area contributed by atoms with Crippen LogP contribution in [0.2, 0.25) is 0 Å². The van der Waals surface area contributed by atoms with Gasteiger partial charge in [-0.05, 0) is 24.5 Å². The molecule has 0 saturated heterocycles. The summed E-state index contributed by atoms with van der Waals surface area (Å²) in [6, 6.07) is 7.76. The van der Waals surface area contributed by atoms with Crippen molar-refractivity contribution in [3.8, 4) is 0 Å². The monoisotopic (exact) mass is 277 g/mol. The van der Waals surface area contributed by atoms with Gasteiger partial charge >= 0.3 is 5.97 Å². The Labute approximate surface area is 118 Å². The minimum atomic E-state index is -0.621. The molecule has 0 radical (unpaired) electrons. The third-order valence-corrected chi connectivity index (χ3v) is 3.46. The molecule has 1 heterocycles. The smallest absolute Gasteiger partial charge is 0.325 e. The molecule has 1 amide bonds. The molecule has 20 heavy (non-hydrogen) atoms. The second-order valence-corrected chi connectivity index (χ2v) is 4.63. The Balaban J connectivity index is 2.18. The summed E-state index contributed by atoms with van der Waals surface area (Å²) in [6.45, 7) is 2.74. The third kappa shape index (κ3) is 2.99. The van der Waals surface area contributed by atoms with E-state index in [-0.39, 0.29) is 12.5 Å². The zero-order chi connectivity index (χ0) is 14.5. The van der Waals surface area contributed by atoms with Gasteiger partial charge in [0.1, 0.15) is 6.54 Å². The second kappa shape index (κ2) is 6.52. The maximum atomic E-state index is 12.5. The van der Waals surface area contributed by atoms with Crippen LogP contribution in [0.4, 0.5) is 0 Å². The van der Waals surface area contributed by atoms with E-state index in [0.717, 1.165) is 17.5 Å². The van der Waals surface area contributed by atoms with Crippen LogP contribution in [-0.2, 0) is 25.5 Å². The number of benzene rings is 1. The van der Waals surface area contributed by atoms with Gasteiger partial charge in [0.15, 0.2) is 6.10 Å². The van der Waals surface area contributed by atoms with Crippen molar-refractivity contribution in [1.29, 1.82) is 0 Å². The maximum absolute atomic E-state index is 12.5. The molecule has 1 aromatic rings. The predicted octanol–water partition coefficient (Wildman–Crippen LogP) is 1.32. The molecule has 1 aliphatic rings. The lowest BCUT2D eigenvalue weighted by Gasteiger charge is -2.29. The molecule has 5 nitrogen and oxygen atoms in total. The van der Waals surface area contributed by atoms with Crippen LogP contribution in [0, 0.1) is 0 Å². The number of ether oxygens (including phenoxy) is 2. The summed E-state index contributed by atoms with van der Waals surface area (Å²) in [7, 11) is 1.31. The van der Waals surface area contributed by atoms with E-state index in [1.54, 1.807) is 0 Å². The zero-order valence-electron chi connectivity index (χ0n) is 11.8. The van der Waals surface area contributed by atoms with E-state index < -0.39 is 12.1 Å². The summed E-state index contributed by atoms with van der Waals surface area (Å²) in [5.41, 5.74) is 2.03. The molecule has 1 aliphatic heterocycles. The van der Waals surface area contributed by atoms with Crippen LogP contribution in [0.15, 0.2) is 24.3 Å². The number of hydrogen-bond acceptors (Lipinski definition) is 4. The Hall–Kier alpha value is -1.88. The second-order valence-electron chi connectivity index (χ2n) is 4.63. The Morgan fingerprint density at radius 1 is 1.40 bits per heavy atom. The molecule has 0 spiro atoms. The zero-order valence-corrected chi connectivity index (χ0v) is 11.8. The number of methoxy groups -OCH3 is 1. The Morgan fingerprint density at radius 3 is 2.85 bits per heavy atom. The van der Waals surface area contributed by atoms with Crippen LogP contribution >= 0.6 is 0 Å². The van der Waals surface area contributed by atoms with E-state index in [4.69, 9.17) is 4.74 Å². The number of likely N-dealkylation sites (N-methyl/N-ethyl adjacent to an activating group) is 1. The van der Waals surface area contributed by atoms with Crippen molar-refractivity contribution in [2.75, 3.05) is 26.8 Å². The van der Waals surface area contributed by atoms with Crippen LogP contribution in [-0.4, -0.2) is 43.6 Å². The summed E-state index contributed by atoms with van der Waals surface area (Å²) in [5.74, 6) is -0.616. The van der Waals surface area contributed by atoms with Crippen LogP contribution in [0.3, 0.4) is 0 Å². The normalized spacial score (nSPS) is 17.2. The summed E-state index contributed by atoms with van der Waals surface area (Å²) in [6.07, 6.45) is 0.188. The minimum Gasteiger partial charge on any atom is -0.468 e. The molecule has 5 heteroatoms. The van der Waals surface area contributed by atoms with Crippen LogP contribution < -0.4 is 0 Å². The fourth-order valence-corrected chi connectivity index (χ4v) is 2.33. The van der Waals surface area contributed by atoms with Crippen molar-refractivity contribution in [3.63, 3.8) is 0 Å². The van der Waals surface area contributed by atoms with E-state index >= 15 is 0 Å². The molecule has 1 atom stereocenters. The van der Waals surface area contributed by atoms with Crippen LogP contribution in [0.1, 0.15) is 24.2 Å². The molecule has 0 fully saturated rings. The first-order valence-electron chi connectivity index (χ1n) is 6.72. The van der Waals surface area contributed by atoms with E-state index in [9.17, 15) is 9.59 Å². The summed E-state index contributed by atoms with van der Waals surface area (Å²) in [4.78, 5) is 25.4. The van der Waals surface area contributed by atoms with Crippen molar-refractivity contribution >= 4 is 11.9 Å². The van der Waals surface area contributed by atoms with Crippen molar-refractivity contribution in [2.45, 2.75) is 19.4 Å². The fraction of sp³-hybridized carbons (Fsp3) is 0.467. The van der Waals surface area contributed by atoms with Crippen molar-refractivity contribution in [2.24, 2.45) is 0 Å². The highest BCUT2D eigenvalue weighted by Gasteiger charge is 2.31. The van der Waals surface area contributed by atoms with Crippen LogP contribution in [0.5, 0.6) is 0 Å². The predicted molar refractivity (Wildman–Crippen MR) is 73.1 cm³/mol. The van der Waals surface area contributed by atoms with E-state index in [1.807, 2.05) is 31.2 Å². The first-order valence-corrected chi connectivity index (χ1v) is 6.72. The highest BCUT2D eigenvalue weighted by Crippen LogP contribution is 2.28. The molecule has 0 N–H and O–H groups in total. The molecular formula is C15H19NO4. The standard InChI is InChI=1S/C15H19NO4/c1-3-16(10-13(17)19-2)15(18)14-12-7-5-4-6-11(12)8-9-20-14/h4-7,14H,3,8-10H2,1-2H3. The first kappa shape index (κ1) is 14.5. The Bertz CT molecular complexity index is 500. The van der Waals surface area contributed by atoms with Gasteiger partial charge in [0.05, 0.1) is 13.7 Å². The highest BCUT2D eigenvalue weighted by molar-refractivity contribution is 5.86. The molecule has 1 unspecified atom stereocenters. The van der Waals surface area contributed by atoms with Crippen molar-refractivity contribution in [1.82, 2.24) is 4.90 Å². The molecule has 108 valence electrons. The number of nitrogens with zero attached hydrogens (tertiary/aromatic N) is 1. The van der Waals surface area contributed by atoms with E-state index in [2.05, 4.69) is 4.74 Å². The molecule has 0 bridgehead atoms. The molecule has 0 saturated carbocycles. The molecule has 0 aromatic heterocycles. The first-order chi connectivity index (χ1) is 9.67. The quantitative estimate of drug-likeness (QED) is 0.779. The topological polar surface area (TPSA) is 55.8 Å². The molecular weight excluding hydrogens is 258 g/mol. The number of hydrogen-bond donors (Lipinski definition) is 0. The number of amides is 1. The van der Waals surface area contributed by atoms with Gasteiger partial charge in [-0.3, -0.25) is 9.59 Å². The summed E-state index contributed by atoms with van der Waals surface area (Å²) >= 11 is 0. The van der Waals surface area contributed by atoms with Gasteiger partial charge in [-0.1, -0.05) is 24.3 Å². The lowest BCUT2D eigenvalue weighted by Crippen LogP contribution is -2.41. The van der Waals surface area contributed by atoms with Gasteiger partial charge in [-0.2, -0.15) is 0 Å². The molecule has 0 aliphatic carbocycles. The SMILES string of the molecule is CCN(CC(=O)OC)C(=O)C1OCCc2ccccc21. The largest absolute Gasteiger partial charge is 0.468 e. The number of rotatable bonds is 4. The van der Waals surface area contributed by atoms with Gasteiger partial charge in [0.25, 0.3) is 5.91 Å². The average Bonchev–Trinajstić information content (AvgIpc) is 2.51. The number of fused-ring (bicyclic) bond motifs is 1. The van der Waals surface area contributed by atoms with Gasteiger partial charge in [0.2, 0.25) is 0 Å². The van der Waals surface area contributed by atoms with Crippen molar-refractivity contribution in [3.05, 3.63) is 35.4 Å². The highest BCUT2D eigenvalue weighted by atomic mass is 16.5. The van der Waals surface area contributed by atoms with Crippen LogP contribution in [0.25, 0.3) is 0 Å². The lowest BCUT2D eigenvalue weighted by molar-refractivity contribution is -0.153. The number of esters is 1. The Morgan fingerprint density at radius 2 is 2.15 bits per heavy atom. The molecule has 2 rings (SSSR count).